The van der Waals surface area contributed by atoms with Gasteiger partial charge in [0.2, 0.25) is 5.91 Å². The van der Waals surface area contributed by atoms with Gasteiger partial charge in [0.25, 0.3) is 10.0 Å². The van der Waals surface area contributed by atoms with E-state index in [4.69, 9.17) is 9.47 Å². The Morgan fingerprint density at radius 1 is 1.08 bits per heavy atom. The third-order valence-electron chi connectivity index (χ3n) is 3.82. The first-order valence-corrected chi connectivity index (χ1v) is 9.76. The molecule has 2 aromatic rings. The van der Waals surface area contributed by atoms with E-state index < -0.39 is 10.0 Å². The minimum absolute atomic E-state index is 0.0806. The molecule has 0 unspecified atom stereocenters. The smallest absolute Gasteiger partial charge is 0.262 e. The summed E-state index contributed by atoms with van der Waals surface area (Å²) in [6.07, 6.45) is 0.169. The first-order chi connectivity index (χ1) is 12.4. The van der Waals surface area contributed by atoms with E-state index in [1.54, 1.807) is 24.3 Å². The van der Waals surface area contributed by atoms with Gasteiger partial charge in [0.05, 0.1) is 30.2 Å². The van der Waals surface area contributed by atoms with Crippen LogP contribution in [0.2, 0.25) is 0 Å². The quantitative estimate of drug-likeness (QED) is 0.775. The molecule has 0 saturated heterocycles. The van der Waals surface area contributed by atoms with Gasteiger partial charge in [-0.25, -0.2) is 8.42 Å². The van der Waals surface area contributed by atoms with Crippen molar-refractivity contribution in [1.29, 1.82) is 0 Å². The molecule has 1 aliphatic heterocycles. The average Bonchev–Trinajstić information content (AvgIpc) is 2.96. The number of carbonyl (C=O) groups excluding carboxylic acids is 1. The summed E-state index contributed by atoms with van der Waals surface area (Å²) in [7, 11) is -3.85. The van der Waals surface area contributed by atoms with Gasteiger partial charge in [-0.15, -0.1) is 0 Å². The number of ether oxygens (including phenoxy) is 2. The van der Waals surface area contributed by atoms with Crippen LogP contribution in [-0.2, 0) is 21.2 Å². The molecule has 0 fully saturated rings. The lowest BCUT2D eigenvalue weighted by atomic mass is 10.2. The van der Waals surface area contributed by atoms with Crippen molar-refractivity contribution in [2.45, 2.75) is 25.2 Å². The largest absolute Gasteiger partial charge is 0.494 e. The van der Waals surface area contributed by atoms with Gasteiger partial charge in [0, 0.05) is 11.8 Å². The number of anilines is 2. The highest BCUT2D eigenvalue weighted by molar-refractivity contribution is 7.92. The van der Waals surface area contributed by atoms with Crippen LogP contribution < -0.4 is 19.5 Å². The van der Waals surface area contributed by atoms with Crippen molar-refractivity contribution in [3.05, 3.63) is 42.0 Å². The first-order valence-electron chi connectivity index (χ1n) is 8.28. The molecule has 26 heavy (non-hydrogen) atoms. The van der Waals surface area contributed by atoms with Crippen LogP contribution in [0.1, 0.15) is 19.4 Å². The molecular formula is C18H20N2O5S. The zero-order valence-corrected chi connectivity index (χ0v) is 15.4. The predicted octanol–water partition coefficient (Wildman–Crippen LogP) is 2.78. The van der Waals surface area contributed by atoms with Crippen LogP contribution in [0.15, 0.2) is 41.3 Å². The third-order valence-corrected chi connectivity index (χ3v) is 5.18. The standard InChI is InChI=1S/C18H20N2O5S/c1-3-24-13-5-8-17(25-4-2)16(11-13)20-26(22,23)14-6-7-15-12(9-14)10-18(21)19-15/h5-9,11,20H,3-4,10H2,1-2H3,(H,19,21). The van der Waals surface area contributed by atoms with E-state index >= 15 is 0 Å². The fourth-order valence-electron chi connectivity index (χ4n) is 2.70. The van der Waals surface area contributed by atoms with Crippen LogP contribution in [0.25, 0.3) is 0 Å². The molecule has 0 radical (unpaired) electrons. The van der Waals surface area contributed by atoms with Crippen molar-refractivity contribution in [1.82, 2.24) is 0 Å². The van der Waals surface area contributed by atoms with Crippen LogP contribution in [0.5, 0.6) is 11.5 Å². The summed E-state index contributed by atoms with van der Waals surface area (Å²) in [5.74, 6) is 0.806. The molecule has 8 heteroatoms. The second kappa shape index (κ2) is 7.25. The minimum Gasteiger partial charge on any atom is -0.494 e. The first kappa shape index (κ1) is 18.1. The molecule has 7 nitrogen and oxygen atoms in total. The zero-order chi connectivity index (χ0) is 18.7. The van der Waals surface area contributed by atoms with Gasteiger partial charge in [-0.05, 0) is 49.7 Å². The van der Waals surface area contributed by atoms with Gasteiger partial charge in [-0.2, -0.15) is 0 Å². The maximum atomic E-state index is 12.8. The van der Waals surface area contributed by atoms with Crippen molar-refractivity contribution in [3.63, 3.8) is 0 Å². The molecule has 1 heterocycles. The number of carbonyl (C=O) groups is 1. The Morgan fingerprint density at radius 2 is 1.85 bits per heavy atom. The Morgan fingerprint density at radius 3 is 2.58 bits per heavy atom. The van der Waals surface area contributed by atoms with E-state index in [0.29, 0.717) is 41.7 Å². The highest BCUT2D eigenvalue weighted by Gasteiger charge is 2.23. The lowest BCUT2D eigenvalue weighted by Gasteiger charge is -2.15. The summed E-state index contributed by atoms with van der Waals surface area (Å²) in [4.78, 5) is 11.5. The molecule has 0 saturated carbocycles. The highest BCUT2D eigenvalue weighted by atomic mass is 32.2. The number of nitrogens with one attached hydrogen (secondary N) is 2. The number of benzene rings is 2. The maximum Gasteiger partial charge on any atom is 0.262 e. The number of hydrogen-bond donors (Lipinski definition) is 2. The zero-order valence-electron chi connectivity index (χ0n) is 14.5. The Kier molecular flexibility index (Phi) is 5.03. The van der Waals surface area contributed by atoms with Crippen molar-refractivity contribution < 1.29 is 22.7 Å². The normalized spacial score (nSPS) is 13.1. The SMILES string of the molecule is CCOc1ccc(OCC)c(NS(=O)(=O)c2ccc3c(c2)CC(=O)N3)c1. The second-order valence-electron chi connectivity index (χ2n) is 5.67. The number of amides is 1. The number of sulfonamides is 1. The van der Waals surface area contributed by atoms with E-state index in [9.17, 15) is 13.2 Å². The Balaban J connectivity index is 1.93. The summed E-state index contributed by atoms with van der Waals surface area (Å²) in [6.45, 7) is 4.53. The third kappa shape index (κ3) is 3.75. The van der Waals surface area contributed by atoms with E-state index in [1.165, 1.54) is 12.1 Å². The molecule has 2 aromatic carbocycles. The highest BCUT2D eigenvalue weighted by Crippen LogP contribution is 2.32. The molecule has 1 aliphatic rings. The van der Waals surface area contributed by atoms with Gasteiger partial charge in [-0.1, -0.05) is 0 Å². The summed E-state index contributed by atoms with van der Waals surface area (Å²) >= 11 is 0. The lowest BCUT2D eigenvalue weighted by molar-refractivity contribution is -0.115. The van der Waals surface area contributed by atoms with Gasteiger partial charge in [-0.3, -0.25) is 9.52 Å². The van der Waals surface area contributed by atoms with Crippen LogP contribution >= 0.6 is 0 Å². The van der Waals surface area contributed by atoms with Crippen LogP contribution in [0, 0.1) is 0 Å². The van der Waals surface area contributed by atoms with Crippen molar-refractivity contribution in [2.24, 2.45) is 0 Å². The van der Waals surface area contributed by atoms with Gasteiger partial charge in [0.1, 0.15) is 11.5 Å². The van der Waals surface area contributed by atoms with E-state index in [1.807, 2.05) is 13.8 Å². The van der Waals surface area contributed by atoms with E-state index in [0.717, 1.165) is 0 Å². The van der Waals surface area contributed by atoms with Crippen molar-refractivity contribution in [3.8, 4) is 11.5 Å². The molecule has 3 rings (SSSR count). The molecule has 0 aromatic heterocycles. The summed E-state index contributed by atoms with van der Waals surface area (Å²) in [6, 6.07) is 9.53. The topological polar surface area (TPSA) is 93.7 Å². The average molecular weight is 376 g/mol. The van der Waals surface area contributed by atoms with E-state index in [2.05, 4.69) is 10.0 Å². The predicted molar refractivity (Wildman–Crippen MR) is 98.4 cm³/mol. The molecular weight excluding hydrogens is 356 g/mol. The molecule has 0 atom stereocenters. The van der Waals surface area contributed by atoms with Gasteiger partial charge in [0.15, 0.2) is 0 Å². The monoisotopic (exact) mass is 376 g/mol. The van der Waals surface area contributed by atoms with Crippen LogP contribution in [0.3, 0.4) is 0 Å². The van der Waals surface area contributed by atoms with E-state index in [-0.39, 0.29) is 17.2 Å². The molecule has 138 valence electrons. The molecule has 0 spiro atoms. The van der Waals surface area contributed by atoms with Gasteiger partial charge >= 0.3 is 0 Å². The van der Waals surface area contributed by atoms with Crippen LogP contribution in [0.4, 0.5) is 11.4 Å². The second-order valence-corrected chi connectivity index (χ2v) is 7.36. The fourth-order valence-corrected chi connectivity index (χ4v) is 3.81. The Labute approximate surface area is 152 Å². The van der Waals surface area contributed by atoms with Crippen molar-refractivity contribution in [2.75, 3.05) is 23.3 Å². The molecule has 2 N–H and O–H groups in total. The number of rotatable bonds is 7. The Hall–Kier alpha value is -2.74. The summed E-state index contributed by atoms with van der Waals surface area (Å²) in [5.41, 5.74) is 1.60. The van der Waals surface area contributed by atoms with Gasteiger partial charge < -0.3 is 14.8 Å². The minimum atomic E-state index is -3.85. The van der Waals surface area contributed by atoms with Crippen LogP contribution in [-0.4, -0.2) is 27.5 Å². The molecule has 0 aliphatic carbocycles. The summed E-state index contributed by atoms with van der Waals surface area (Å²) < 4.78 is 39.1. The Bertz CT molecular complexity index is 941. The molecule has 0 bridgehead atoms. The van der Waals surface area contributed by atoms with Crippen molar-refractivity contribution >= 4 is 27.3 Å². The maximum absolute atomic E-state index is 12.8. The summed E-state index contributed by atoms with van der Waals surface area (Å²) in [5, 5.41) is 2.68. The number of fused-ring (bicyclic) bond motifs is 1. The lowest BCUT2D eigenvalue weighted by Crippen LogP contribution is -2.14. The fraction of sp³-hybridized carbons (Fsp3) is 0.278. The number of hydrogen-bond acceptors (Lipinski definition) is 5. The molecule has 1 amide bonds.